The maximum absolute atomic E-state index is 11.4. The van der Waals surface area contributed by atoms with Crippen molar-refractivity contribution in [1.29, 1.82) is 0 Å². The maximum Gasteiger partial charge on any atom is 0.307 e. The van der Waals surface area contributed by atoms with Crippen LogP contribution >= 0.6 is 0 Å². The average molecular weight is 271 g/mol. The highest BCUT2D eigenvalue weighted by Crippen LogP contribution is 2.52. The summed E-state index contributed by atoms with van der Waals surface area (Å²) in [6, 6.07) is 0. The number of carbonyl (C=O) groups is 1. The molecule has 4 aliphatic rings. The Bertz CT molecular complexity index is 543. The lowest BCUT2D eigenvalue weighted by Crippen LogP contribution is -2.38. The Morgan fingerprint density at radius 1 is 1.10 bits per heavy atom. The normalized spacial score (nSPS) is 38.5. The van der Waals surface area contributed by atoms with E-state index in [1.165, 1.54) is 29.7 Å². The molecule has 3 heteroatoms. The molecule has 4 rings (SSSR count). The van der Waals surface area contributed by atoms with E-state index in [0.29, 0.717) is 11.8 Å². The summed E-state index contributed by atoms with van der Waals surface area (Å²) in [5.41, 5.74) is 4.22. The van der Waals surface area contributed by atoms with Crippen LogP contribution in [0.5, 0.6) is 0 Å². The second kappa shape index (κ2) is 4.51. The molecule has 0 amide bonds. The zero-order chi connectivity index (χ0) is 13.7. The summed E-state index contributed by atoms with van der Waals surface area (Å²) in [4.78, 5) is 11.4. The van der Waals surface area contributed by atoms with Crippen molar-refractivity contribution in [2.45, 2.75) is 32.1 Å². The van der Waals surface area contributed by atoms with Gasteiger partial charge < -0.3 is 10.4 Å². The molecule has 1 saturated heterocycles. The Balaban J connectivity index is 1.67. The molecule has 4 atom stereocenters. The van der Waals surface area contributed by atoms with Crippen LogP contribution in [-0.2, 0) is 4.79 Å². The van der Waals surface area contributed by atoms with Crippen molar-refractivity contribution in [3.8, 4) is 0 Å². The molecule has 2 N–H and O–H groups in total. The van der Waals surface area contributed by atoms with E-state index < -0.39 is 5.97 Å². The quantitative estimate of drug-likeness (QED) is 0.771. The SMILES string of the molecule is O=C(O)C1CC=C2C3=CC=C4NCCCC4C3CCC21. The lowest BCUT2D eigenvalue weighted by molar-refractivity contribution is -0.142. The number of hydrogen-bond acceptors (Lipinski definition) is 2. The van der Waals surface area contributed by atoms with E-state index in [-0.39, 0.29) is 11.8 Å². The first-order valence-electron chi connectivity index (χ1n) is 7.84. The van der Waals surface area contributed by atoms with Crippen molar-refractivity contribution >= 4 is 5.97 Å². The first-order valence-corrected chi connectivity index (χ1v) is 7.84. The summed E-state index contributed by atoms with van der Waals surface area (Å²) in [5, 5.41) is 12.9. The number of aliphatic carboxylic acids is 1. The van der Waals surface area contributed by atoms with Gasteiger partial charge in [-0.2, -0.15) is 0 Å². The van der Waals surface area contributed by atoms with Crippen LogP contribution in [0.4, 0.5) is 0 Å². The van der Waals surface area contributed by atoms with Crippen molar-refractivity contribution in [1.82, 2.24) is 5.32 Å². The van der Waals surface area contributed by atoms with Crippen LogP contribution in [0.2, 0.25) is 0 Å². The van der Waals surface area contributed by atoms with E-state index in [1.54, 1.807) is 0 Å². The topological polar surface area (TPSA) is 49.3 Å². The molecular formula is C17H21NO2. The molecule has 3 nitrogen and oxygen atoms in total. The van der Waals surface area contributed by atoms with Crippen LogP contribution in [0.1, 0.15) is 32.1 Å². The molecule has 0 radical (unpaired) electrons. The highest BCUT2D eigenvalue weighted by atomic mass is 16.4. The Kier molecular flexibility index (Phi) is 2.76. The van der Waals surface area contributed by atoms with Crippen LogP contribution in [0.15, 0.2) is 35.1 Å². The minimum atomic E-state index is -0.619. The van der Waals surface area contributed by atoms with Gasteiger partial charge in [0.2, 0.25) is 0 Å². The first kappa shape index (κ1) is 12.2. The van der Waals surface area contributed by atoms with Gasteiger partial charge in [0.25, 0.3) is 0 Å². The number of carboxylic acid groups (broad SMARTS) is 1. The average Bonchev–Trinajstić information content (AvgIpc) is 2.91. The van der Waals surface area contributed by atoms with Gasteiger partial charge in [-0.1, -0.05) is 12.2 Å². The van der Waals surface area contributed by atoms with Crippen molar-refractivity contribution < 1.29 is 9.90 Å². The number of allylic oxidation sites excluding steroid dienone is 6. The maximum atomic E-state index is 11.4. The number of fused-ring (bicyclic) bond motifs is 5. The summed E-state index contributed by atoms with van der Waals surface area (Å²) < 4.78 is 0. The van der Waals surface area contributed by atoms with Gasteiger partial charge in [-0.3, -0.25) is 4.79 Å². The number of piperidine rings is 1. The molecule has 20 heavy (non-hydrogen) atoms. The van der Waals surface area contributed by atoms with Crippen molar-refractivity contribution in [2.24, 2.45) is 23.7 Å². The fraction of sp³-hybridized carbons (Fsp3) is 0.588. The third-order valence-corrected chi connectivity index (χ3v) is 5.66. The van der Waals surface area contributed by atoms with Crippen LogP contribution < -0.4 is 5.32 Å². The van der Waals surface area contributed by atoms with E-state index in [4.69, 9.17) is 0 Å². The summed E-state index contributed by atoms with van der Waals surface area (Å²) >= 11 is 0. The van der Waals surface area contributed by atoms with Crippen LogP contribution in [-0.4, -0.2) is 17.6 Å². The zero-order valence-electron chi connectivity index (χ0n) is 11.6. The monoisotopic (exact) mass is 271 g/mol. The minimum Gasteiger partial charge on any atom is -0.481 e. The Hall–Kier alpha value is -1.51. The summed E-state index contributed by atoms with van der Waals surface area (Å²) in [5.74, 6) is 0.738. The molecule has 0 aromatic heterocycles. The predicted octanol–water partition coefficient (Wildman–Crippen LogP) is 2.87. The van der Waals surface area contributed by atoms with E-state index in [9.17, 15) is 9.90 Å². The Morgan fingerprint density at radius 3 is 2.80 bits per heavy atom. The number of rotatable bonds is 1. The van der Waals surface area contributed by atoms with E-state index in [0.717, 1.165) is 25.8 Å². The zero-order valence-corrected chi connectivity index (χ0v) is 11.6. The molecule has 0 bridgehead atoms. The van der Waals surface area contributed by atoms with Gasteiger partial charge in [0, 0.05) is 18.2 Å². The molecule has 2 fully saturated rings. The van der Waals surface area contributed by atoms with Gasteiger partial charge in [-0.05, 0) is 61.2 Å². The fourth-order valence-corrected chi connectivity index (χ4v) is 4.74. The highest BCUT2D eigenvalue weighted by Gasteiger charge is 2.44. The van der Waals surface area contributed by atoms with E-state index >= 15 is 0 Å². The largest absolute Gasteiger partial charge is 0.481 e. The van der Waals surface area contributed by atoms with Crippen molar-refractivity contribution in [2.75, 3.05) is 6.54 Å². The molecule has 1 heterocycles. The molecule has 4 unspecified atom stereocenters. The van der Waals surface area contributed by atoms with Gasteiger partial charge >= 0.3 is 5.97 Å². The molecule has 0 aromatic carbocycles. The standard InChI is InChI=1S/C17H21NO2/c19-17(20)15-6-5-10-11-7-8-16-14(2-1-9-18-16)12(11)3-4-13(10)15/h5,7-8,12-15,18H,1-4,6,9H2,(H,19,20). The van der Waals surface area contributed by atoms with Crippen molar-refractivity contribution in [3.63, 3.8) is 0 Å². The summed E-state index contributed by atoms with van der Waals surface area (Å²) in [7, 11) is 0. The molecule has 3 aliphatic carbocycles. The van der Waals surface area contributed by atoms with Crippen LogP contribution in [0.25, 0.3) is 0 Å². The van der Waals surface area contributed by atoms with E-state index in [1.807, 2.05) is 0 Å². The van der Waals surface area contributed by atoms with Crippen molar-refractivity contribution in [3.05, 3.63) is 35.1 Å². The second-order valence-corrected chi connectivity index (χ2v) is 6.55. The molecule has 0 spiro atoms. The van der Waals surface area contributed by atoms with Crippen LogP contribution in [0, 0.1) is 23.7 Å². The lowest BCUT2D eigenvalue weighted by atomic mass is 9.64. The number of carboxylic acids is 1. The molecular weight excluding hydrogens is 250 g/mol. The molecule has 1 aliphatic heterocycles. The third kappa shape index (κ3) is 1.68. The van der Waals surface area contributed by atoms with Gasteiger partial charge in [-0.25, -0.2) is 0 Å². The molecule has 0 aromatic rings. The Labute approximate surface area is 119 Å². The smallest absolute Gasteiger partial charge is 0.307 e. The fourth-order valence-electron chi connectivity index (χ4n) is 4.74. The predicted molar refractivity (Wildman–Crippen MR) is 76.9 cm³/mol. The first-order chi connectivity index (χ1) is 9.75. The summed E-state index contributed by atoms with van der Waals surface area (Å²) in [6.45, 7) is 1.10. The van der Waals surface area contributed by atoms with E-state index in [2.05, 4.69) is 23.5 Å². The van der Waals surface area contributed by atoms with Gasteiger partial charge in [0.15, 0.2) is 0 Å². The van der Waals surface area contributed by atoms with Gasteiger partial charge in [0.05, 0.1) is 5.92 Å². The molecule has 1 saturated carbocycles. The second-order valence-electron chi connectivity index (χ2n) is 6.55. The number of nitrogens with one attached hydrogen (secondary N) is 1. The minimum absolute atomic E-state index is 0.179. The third-order valence-electron chi connectivity index (χ3n) is 5.66. The lowest BCUT2D eigenvalue weighted by Gasteiger charge is -2.42. The van der Waals surface area contributed by atoms with Crippen LogP contribution in [0.3, 0.4) is 0 Å². The van der Waals surface area contributed by atoms with Gasteiger partial charge in [0.1, 0.15) is 0 Å². The Morgan fingerprint density at radius 2 is 1.95 bits per heavy atom. The summed E-state index contributed by atoms with van der Waals surface area (Å²) in [6.07, 6.45) is 12.2. The number of hydrogen-bond donors (Lipinski definition) is 2. The molecule has 106 valence electrons. The highest BCUT2D eigenvalue weighted by molar-refractivity contribution is 5.73. The van der Waals surface area contributed by atoms with Gasteiger partial charge in [-0.15, -0.1) is 0 Å².